The van der Waals surface area contributed by atoms with Gasteiger partial charge in [-0.3, -0.25) is 4.57 Å². The van der Waals surface area contributed by atoms with Gasteiger partial charge in [0.15, 0.2) is 0 Å². The lowest BCUT2D eigenvalue weighted by Crippen LogP contribution is -2.27. The molecule has 2 aliphatic heterocycles. The maximum absolute atomic E-state index is 6.50. The fraction of sp³-hybridized carbons (Fsp3) is 0.156. The molecule has 7 rings (SSSR count). The molecule has 0 amide bonds. The maximum atomic E-state index is 6.50. The van der Waals surface area contributed by atoms with Crippen molar-refractivity contribution in [3.63, 3.8) is 0 Å². The first kappa shape index (κ1) is 21.0. The van der Waals surface area contributed by atoms with Crippen molar-refractivity contribution in [2.75, 3.05) is 0 Å². The van der Waals surface area contributed by atoms with Crippen LogP contribution >= 0.6 is 0 Å². The minimum atomic E-state index is -0.201. The van der Waals surface area contributed by atoms with Crippen molar-refractivity contribution >= 4 is 33.3 Å². The molecule has 4 aromatic carbocycles. The number of fused-ring (bicyclic) bond motifs is 5. The van der Waals surface area contributed by atoms with Gasteiger partial charge in [0, 0.05) is 34.0 Å². The molecule has 0 saturated heterocycles. The number of para-hydroxylation sites is 1. The minimum absolute atomic E-state index is 0.138. The zero-order valence-electron chi connectivity index (χ0n) is 20.3. The van der Waals surface area contributed by atoms with E-state index in [1.54, 1.807) is 0 Å². The van der Waals surface area contributed by atoms with E-state index in [1.165, 1.54) is 16.3 Å². The van der Waals surface area contributed by atoms with E-state index in [4.69, 9.17) is 9.73 Å². The van der Waals surface area contributed by atoms with Crippen molar-refractivity contribution in [2.45, 2.75) is 32.0 Å². The Labute approximate surface area is 210 Å². The highest BCUT2D eigenvalue weighted by Crippen LogP contribution is 2.46. The van der Waals surface area contributed by atoms with Gasteiger partial charge in [-0.25, -0.2) is 4.99 Å². The Balaban J connectivity index is 1.53. The normalized spacial score (nSPS) is 21.0. The molecule has 1 N–H and O–H groups in total. The van der Waals surface area contributed by atoms with Crippen LogP contribution in [0.2, 0.25) is 0 Å². The molecule has 5 aromatic rings. The summed E-state index contributed by atoms with van der Waals surface area (Å²) in [5.74, 6) is 2.23. The van der Waals surface area contributed by atoms with Gasteiger partial charge in [0.2, 0.25) is 0 Å². The quantitative estimate of drug-likeness (QED) is 0.295. The Hall–Kier alpha value is -4.31. The van der Waals surface area contributed by atoms with Gasteiger partial charge in [0.25, 0.3) is 0 Å². The van der Waals surface area contributed by atoms with E-state index in [0.29, 0.717) is 5.92 Å². The van der Waals surface area contributed by atoms with Gasteiger partial charge >= 0.3 is 0 Å². The summed E-state index contributed by atoms with van der Waals surface area (Å²) in [6.45, 7) is 4.40. The summed E-state index contributed by atoms with van der Waals surface area (Å²) >= 11 is 0. The fourth-order valence-corrected chi connectivity index (χ4v) is 5.52. The third-order valence-corrected chi connectivity index (χ3v) is 7.58. The SMILES string of the molecule is CC1Oc2c(ccc3c4ccccc4n(C4=NC(c5ccccc5)NC(c5ccccc5)=C4)c23)C1C. The van der Waals surface area contributed by atoms with Gasteiger partial charge in [-0.1, -0.05) is 97.9 Å². The number of benzene rings is 4. The molecule has 4 heteroatoms. The molecule has 0 bridgehead atoms. The number of allylic oxidation sites excluding steroid dienone is 1. The Morgan fingerprint density at radius 3 is 2.31 bits per heavy atom. The van der Waals surface area contributed by atoms with Crippen LogP contribution in [0.5, 0.6) is 5.75 Å². The largest absolute Gasteiger partial charge is 0.488 e. The average molecular weight is 470 g/mol. The molecule has 0 fully saturated rings. The van der Waals surface area contributed by atoms with Crippen LogP contribution in [0, 0.1) is 0 Å². The Kier molecular flexibility index (Phi) is 4.74. The zero-order chi connectivity index (χ0) is 24.2. The third kappa shape index (κ3) is 3.18. The summed E-state index contributed by atoms with van der Waals surface area (Å²) in [5, 5.41) is 6.07. The van der Waals surface area contributed by atoms with Crippen molar-refractivity contribution < 1.29 is 4.74 Å². The van der Waals surface area contributed by atoms with Crippen LogP contribution in [0.3, 0.4) is 0 Å². The van der Waals surface area contributed by atoms with E-state index in [9.17, 15) is 0 Å². The molecule has 36 heavy (non-hydrogen) atoms. The number of nitrogens with one attached hydrogen (secondary N) is 1. The predicted molar refractivity (Wildman–Crippen MR) is 148 cm³/mol. The van der Waals surface area contributed by atoms with E-state index in [0.717, 1.165) is 39.4 Å². The summed E-state index contributed by atoms with van der Waals surface area (Å²) in [6.07, 6.45) is 2.11. The number of aliphatic imine (C=N–C) groups is 1. The van der Waals surface area contributed by atoms with E-state index in [2.05, 4.69) is 115 Å². The minimum Gasteiger partial charge on any atom is -0.488 e. The van der Waals surface area contributed by atoms with Gasteiger partial charge in [0.05, 0.1) is 11.0 Å². The van der Waals surface area contributed by atoms with Crippen LogP contribution in [-0.2, 0) is 0 Å². The van der Waals surface area contributed by atoms with E-state index >= 15 is 0 Å². The highest BCUT2D eigenvalue weighted by Gasteiger charge is 2.32. The molecule has 1 aromatic heterocycles. The summed E-state index contributed by atoms with van der Waals surface area (Å²) in [4.78, 5) is 5.27. The van der Waals surface area contributed by atoms with Gasteiger partial charge in [-0.15, -0.1) is 0 Å². The number of hydrogen-bond donors (Lipinski definition) is 1. The Morgan fingerprint density at radius 1 is 0.778 bits per heavy atom. The highest BCUT2D eigenvalue weighted by atomic mass is 16.5. The summed E-state index contributed by atoms with van der Waals surface area (Å²) < 4.78 is 8.80. The molecule has 0 aliphatic carbocycles. The van der Waals surface area contributed by atoms with Crippen LogP contribution < -0.4 is 10.1 Å². The summed E-state index contributed by atoms with van der Waals surface area (Å²) in [5.41, 5.74) is 6.81. The van der Waals surface area contributed by atoms with E-state index in [-0.39, 0.29) is 12.3 Å². The van der Waals surface area contributed by atoms with Gasteiger partial charge in [0.1, 0.15) is 23.9 Å². The second-order valence-electron chi connectivity index (χ2n) is 9.71. The molecule has 3 heterocycles. The first-order chi connectivity index (χ1) is 17.7. The van der Waals surface area contributed by atoms with Crippen LogP contribution in [0.25, 0.3) is 27.5 Å². The molecule has 0 radical (unpaired) electrons. The molecule has 3 atom stereocenters. The predicted octanol–water partition coefficient (Wildman–Crippen LogP) is 7.27. The summed E-state index contributed by atoms with van der Waals surface area (Å²) in [6, 6.07) is 34.0. The van der Waals surface area contributed by atoms with Crippen LogP contribution in [0.1, 0.15) is 42.6 Å². The number of rotatable bonds is 2. The lowest BCUT2D eigenvalue weighted by atomic mass is 9.97. The number of ether oxygens (including phenoxy) is 1. The molecule has 0 spiro atoms. The molecular formula is C32H27N3O. The second kappa shape index (κ2) is 8.13. The van der Waals surface area contributed by atoms with E-state index in [1.807, 2.05) is 12.1 Å². The van der Waals surface area contributed by atoms with Crippen LogP contribution in [0.15, 0.2) is 108 Å². The van der Waals surface area contributed by atoms with Crippen molar-refractivity contribution in [1.29, 1.82) is 0 Å². The molecular weight excluding hydrogens is 442 g/mol. The van der Waals surface area contributed by atoms with Crippen molar-refractivity contribution in [3.8, 4) is 5.75 Å². The zero-order valence-corrected chi connectivity index (χ0v) is 20.3. The molecule has 2 aliphatic rings. The Bertz CT molecular complexity index is 1660. The van der Waals surface area contributed by atoms with Gasteiger partial charge in [-0.2, -0.15) is 0 Å². The number of hydrogen-bond acceptors (Lipinski definition) is 3. The van der Waals surface area contributed by atoms with Crippen molar-refractivity contribution in [3.05, 3.63) is 120 Å². The average Bonchev–Trinajstić information content (AvgIpc) is 3.43. The number of aromatic nitrogens is 1. The second-order valence-corrected chi connectivity index (χ2v) is 9.71. The highest BCUT2D eigenvalue weighted by molar-refractivity contribution is 6.19. The first-order valence-electron chi connectivity index (χ1n) is 12.6. The molecule has 4 nitrogen and oxygen atoms in total. The Morgan fingerprint density at radius 2 is 1.50 bits per heavy atom. The lowest BCUT2D eigenvalue weighted by Gasteiger charge is -2.25. The summed E-state index contributed by atoms with van der Waals surface area (Å²) in [7, 11) is 0. The van der Waals surface area contributed by atoms with Gasteiger partial charge < -0.3 is 10.1 Å². The van der Waals surface area contributed by atoms with Crippen molar-refractivity contribution in [2.24, 2.45) is 4.99 Å². The first-order valence-corrected chi connectivity index (χ1v) is 12.6. The van der Waals surface area contributed by atoms with Crippen LogP contribution in [-0.4, -0.2) is 16.5 Å². The molecule has 3 unspecified atom stereocenters. The lowest BCUT2D eigenvalue weighted by molar-refractivity contribution is 0.234. The van der Waals surface area contributed by atoms with Gasteiger partial charge in [-0.05, 0) is 24.1 Å². The fourth-order valence-electron chi connectivity index (χ4n) is 5.52. The molecule has 176 valence electrons. The standard InChI is InChI=1S/C32H27N3O/c1-20-21(2)36-31-24(20)17-18-26-25-15-9-10-16-28(25)35(30(26)31)29-19-27(22-11-5-3-6-12-22)33-32(34-29)23-13-7-4-8-14-23/h3-21,32-33H,1-2H3. The monoisotopic (exact) mass is 469 g/mol. The smallest absolute Gasteiger partial charge is 0.148 e. The van der Waals surface area contributed by atoms with Crippen molar-refractivity contribution in [1.82, 2.24) is 9.88 Å². The van der Waals surface area contributed by atoms with E-state index < -0.39 is 0 Å². The maximum Gasteiger partial charge on any atom is 0.148 e. The molecule has 0 saturated carbocycles. The number of nitrogens with zero attached hydrogens (tertiary/aromatic N) is 2. The van der Waals surface area contributed by atoms with Crippen LogP contribution in [0.4, 0.5) is 0 Å². The third-order valence-electron chi connectivity index (χ3n) is 7.58. The topological polar surface area (TPSA) is 38.5 Å².